The summed E-state index contributed by atoms with van der Waals surface area (Å²) in [7, 11) is 1.92. The van der Waals surface area contributed by atoms with Crippen LogP contribution in [0.5, 0.6) is 0 Å². The van der Waals surface area contributed by atoms with Crippen LogP contribution in [0.2, 0.25) is 0 Å². The van der Waals surface area contributed by atoms with Gasteiger partial charge in [0, 0.05) is 43.8 Å². The van der Waals surface area contributed by atoms with E-state index in [0.717, 1.165) is 18.1 Å². The second kappa shape index (κ2) is 4.38. The van der Waals surface area contributed by atoms with E-state index < -0.39 is 0 Å². The summed E-state index contributed by atoms with van der Waals surface area (Å²) in [5.74, 6) is 0.902. The third-order valence-electron chi connectivity index (χ3n) is 2.43. The number of imidazole rings is 1. The first kappa shape index (κ1) is 10.7. The lowest BCUT2D eigenvalue weighted by atomic mass is 10.3. The van der Waals surface area contributed by atoms with E-state index in [1.54, 1.807) is 4.68 Å². The van der Waals surface area contributed by atoms with Crippen LogP contribution in [0.25, 0.3) is 0 Å². The minimum atomic E-state index is 0.416. The zero-order valence-electron chi connectivity index (χ0n) is 9.88. The average Bonchev–Trinajstić information content (AvgIpc) is 2.83. The number of hydrogen-bond donors (Lipinski definition) is 1. The first-order chi connectivity index (χ1) is 7.66. The maximum atomic E-state index is 4.28. The molecule has 5 nitrogen and oxygen atoms in total. The molecule has 16 heavy (non-hydrogen) atoms. The molecule has 86 valence electrons. The molecule has 0 aliphatic heterocycles. The molecule has 2 aromatic heterocycles. The lowest BCUT2D eigenvalue weighted by Gasteiger charge is -2.11. The molecule has 0 fully saturated rings. The van der Waals surface area contributed by atoms with Gasteiger partial charge in [-0.2, -0.15) is 5.10 Å². The normalized spacial score (nSPS) is 11.0. The summed E-state index contributed by atoms with van der Waals surface area (Å²) in [6, 6.07) is 0.416. The molecule has 0 atom stereocenters. The summed E-state index contributed by atoms with van der Waals surface area (Å²) in [6.45, 7) is 5.02. The maximum absolute atomic E-state index is 4.28. The summed E-state index contributed by atoms with van der Waals surface area (Å²) < 4.78 is 3.91. The molecule has 0 aliphatic rings. The zero-order valence-corrected chi connectivity index (χ0v) is 9.88. The molecular weight excluding hydrogens is 202 g/mol. The van der Waals surface area contributed by atoms with Gasteiger partial charge in [-0.15, -0.1) is 0 Å². The van der Waals surface area contributed by atoms with E-state index in [-0.39, 0.29) is 0 Å². The number of hydrogen-bond acceptors (Lipinski definition) is 3. The Morgan fingerprint density at radius 1 is 1.44 bits per heavy atom. The van der Waals surface area contributed by atoms with Crippen LogP contribution in [-0.4, -0.2) is 19.3 Å². The van der Waals surface area contributed by atoms with Gasteiger partial charge in [-0.25, -0.2) is 4.98 Å². The molecule has 0 spiro atoms. The number of rotatable bonds is 4. The topological polar surface area (TPSA) is 47.7 Å². The number of nitrogens with one attached hydrogen (secondary N) is 1. The van der Waals surface area contributed by atoms with E-state index in [4.69, 9.17) is 0 Å². The van der Waals surface area contributed by atoms with Crippen LogP contribution in [0.15, 0.2) is 24.8 Å². The molecule has 2 heterocycles. The summed E-state index contributed by atoms with van der Waals surface area (Å²) in [5.41, 5.74) is 1.15. The van der Waals surface area contributed by atoms with Gasteiger partial charge in [0.15, 0.2) is 0 Å². The van der Waals surface area contributed by atoms with E-state index in [2.05, 4.69) is 33.8 Å². The molecule has 0 unspecified atom stereocenters. The third-order valence-corrected chi connectivity index (χ3v) is 2.43. The Balaban J connectivity index is 2.02. The second-order valence-electron chi connectivity index (χ2n) is 4.13. The Hall–Kier alpha value is -1.78. The van der Waals surface area contributed by atoms with Crippen LogP contribution in [-0.2, 0) is 13.6 Å². The van der Waals surface area contributed by atoms with E-state index in [1.165, 1.54) is 0 Å². The van der Waals surface area contributed by atoms with Gasteiger partial charge in [0.25, 0.3) is 0 Å². The van der Waals surface area contributed by atoms with Crippen molar-refractivity contribution in [2.45, 2.75) is 26.4 Å². The fourth-order valence-electron chi connectivity index (χ4n) is 1.61. The first-order valence-corrected chi connectivity index (χ1v) is 5.41. The van der Waals surface area contributed by atoms with Crippen LogP contribution < -0.4 is 5.32 Å². The highest BCUT2D eigenvalue weighted by atomic mass is 15.2. The highest BCUT2D eigenvalue weighted by Gasteiger charge is 2.05. The summed E-state index contributed by atoms with van der Waals surface area (Å²) >= 11 is 0. The molecule has 0 saturated heterocycles. The highest BCUT2D eigenvalue weighted by Crippen LogP contribution is 2.13. The lowest BCUT2D eigenvalue weighted by molar-refractivity contribution is 0.604. The van der Waals surface area contributed by atoms with Gasteiger partial charge in [-0.05, 0) is 13.8 Å². The van der Waals surface area contributed by atoms with Crippen molar-refractivity contribution in [3.63, 3.8) is 0 Å². The Bertz CT molecular complexity index is 454. The van der Waals surface area contributed by atoms with E-state index in [9.17, 15) is 0 Å². The van der Waals surface area contributed by atoms with Crippen LogP contribution in [0, 0.1) is 0 Å². The fourth-order valence-corrected chi connectivity index (χ4v) is 1.61. The molecule has 2 aromatic rings. The molecule has 2 rings (SSSR count). The van der Waals surface area contributed by atoms with E-state index >= 15 is 0 Å². The number of nitrogens with zero attached hydrogens (tertiary/aromatic N) is 4. The molecule has 0 aliphatic carbocycles. The monoisotopic (exact) mass is 219 g/mol. The van der Waals surface area contributed by atoms with Crippen molar-refractivity contribution in [2.24, 2.45) is 7.05 Å². The summed E-state index contributed by atoms with van der Waals surface area (Å²) in [5, 5.41) is 7.43. The molecule has 0 aromatic carbocycles. The van der Waals surface area contributed by atoms with Gasteiger partial charge in [0.05, 0.1) is 6.20 Å². The summed E-state index contributed by atoms with van der Waals surface area (Å²) in [6.07, 6.45) is 7.65. The Morgan fingerprint density at radius 3 is 2.88 bits per heavy atom. The number of aromatic nitrogens is 4. The lowest BCUT2D eigenvalue weighted by Crippen LogP contribution is -2.08. The summed E-state index contributed by atoms with van der Waals surface area (Å²) in [4.78, 5) is 4.28. The molecule has 5 heteroatoms. The minimum Gasteiger partial charge on any atom is -0.351 e. The largest absolute Gasteiger partial charge is 0.351 e. The van der Waals surface area contributed by atoms with Gasteiger partial charge < -0.3 is 9.88 Å². The molecular formula is C11H17N5. The second-order valence-corrected chi connectivity index (χ2v) is 4.13. The smallest absolute Gasteiger partial charge is 0.203 e. The van der Waals surface area contributed by atoms with Crippen LogP contribution in [0.3, 0.4) is 0 Å². The molecule has 0 radical (unpaired) electrons. The predicted molar refractivity (Wildman–Crippen MR) is 63.1 cm³/mol. The average molecular weight is 219 g/mol. The van der Waals surface area contributed by atoms with Gasteiger partial charge in [0.2, 0.25) is 5.95 Å². The SMILES string of the molecule is CC(C)n1ccnc1NCc1cnn(C)c1. The number of anilines is 1. The quantitative estimate of drug-likeness (QED) is 0.853. The zero-order chi connectivity index (χ0) is 11.5. The highest BCUT2D eigenvalue weighted by molar-refractivity contribution is 5.28. The Labute approximate surface area is 95.1 Å². The van der Waals surface area contributed by atoms with Crippen molar-refractivity contribution in [1.82, 2.24) is 19.3 Å². The van der Waals surface area contributed by atoms with Crippen LogP contribution in [0.1, 0.15) is 25.5 Å². The van der Waals surface area contributed by atoms with E-state index in [1.807, 2.05) is 31.8 Å². The van der Waals surface area contributed by atoms with Gasteiger partial charge in [0.1, 0.15) is 0 Å². The molecule has 0 bridgehead atoms. The molecule has 1 N–H and O–H groups in total. The van der Waals surface area contributed by atoms with Gasteiger partial charge in [-0.3, -0.25) is 4.68 Å². The number of aryl methyl sites for hydroxylation is 1. The Kier molecular flexibility index (Phi) is 2.94. The molecule has 0 saturated carbocycles. The standard InChI is InChI=1S/C11H17N5/c1-9(2)16-5-4-12-11(16)13-6-10-7-14-15(3)8-10/h4-5,7-9H,6H2,1-3H3,(H,12,13). The van der Waals surface area contributed by atoms with Crippen molar-refractivity contribution >= 4 is 5.95 Å². The first-order valence-electron chi connectivity index (χ1n) is 5.41. The minimum absolute atomic E-state index is 0.416. The van der Waals surface area contributed by atoms with Crippen molar-refractivity contribution < 1.29 is 0 Å². The van der Waals surface area contributed by atoms with Gasteiger partial charge >= 0.3 is 0 Å². The Morgan fingerprint density at radius 2 is 2.25 bits per heavy atom. The fraction of sp³-hybridized carbons (Fsp3) is 0.455. The van der Waals surface area contributed by atoms with Crippen molar-refractivity contribution in [3.8, 4) is 0 Å². The molecule has 0 amide bonds. The maximum Gasteiger partial charge on any atom is 0.203 e. The third kappa shape index (κ3) is 2.24. The van der Waals surface area contributed by atoms with E-state index in [0.29, 0.717) is 6.04 Å². The van der Waals surface area contributed by atoms with Crippen molar-refractivity contribution in [2.75, 3.05) is 5.32 Å². The van der Waals surface area contributed by atoms with Crippen molar-refractivity contribution in [1.29, 1.82) is 0 Å². The van der Waals surface area contributed by atoms with Gasteiger partial charge in [-0.1, -0.05) is 0 Å². The van der Waals surface area contributed by atoms with Crippen molar-refractivity contribution in [3.05, 3.63) is 30.4 Å². The van der Waals surface area contributed by atoms with Crippen LogP contribution >= 0.6 is 0 Å². The predicted octanol–water partition coefficient (Wildman–Crippen LogP) is 1.81. The van der Waals surface area contributed by atoms with Crippen LogP contribution in [0.4, 0.5) is 5.95 Å².